The van der Waals surface area contributed by atoms with E-state index in [1.807, 2.05) is 11.7 Å². The van der Waals surface area contributed by atoms with Crippen molar-refractivity contribution in [3.05, 3.63) is 16.4 Å². The zero-order valence-electron chi connectivity index (χ0n) is 11.3. The molecule has 18 heavy (non-hydrogen) atoms. The summed E-state index contributed by atoms with van der Waals surface area (Å²) in [6, 6.07) is 0.789. The largest absolute Gasteiger partial charge is 0.384 e. The number of aromatic nitrogens is 2. The van der Waals surface area contributed by atoms with Gasteiger partial charge in [-0.05, 0) is 62.5 Å². The van der Waals surface area contributed by atoms with Crippen molar-refractivity contribution < 1.29 is 5.11 Å². The monoisotopic (exact) mass is 315 g/mol. The highest BCUT2D eigenvalue weighted by Crippen LogP contribution is 2.40. The summed E-state index contributed by atoms with van der Waals surface area (Å²) in [7, 11) is 1.99. The van der Waals surface area contributed by atoms with E-state index >= 15 is 0 Å². The van der Waals surface area contributed by atoms with Gasteiger partial charge in [0.1, 0.15) is 5.60 Å². The van der Waals surface area contributed by atoms with Crippen LogP contribution in [0.4, 0.5) is 0 Å². The predicted octanol–water partition coefficient (Wildman–Crippen LogP) is 2.58. The Morgan fingerprint density at radius 2 is 2.11 bits per heavy atom. The van der Waals surface area contributed by atoms with Gasteiger partial charge in [-0.1, -0.05) is 0 Å². The lowest BCUT2D eigenvalue weighted by Crippen LogP contribution is -2.40. The molecule has 0 bridgehead atoms. The Balaban J connectivity index is 2.28. The second-order valence-electron chi connectivity index (χ2n) is 5.47. The molecular formula is C13H22BrN3O. The molecule has 2 N–H and O–H groups in total. The van der Waals surface area contributed by atoms with Gasteiger partial charge in [0.25, 0.3) is 0 Å². The number of halogens is 1. The zero-order valence-corrected chi connectivity index (χ0v) is 12.9. The third kappa shape index (κ3) is 2.49. The lowest BCUT2D eigenvalue weighted by atomic mass is 9.80. The number of aliphatic hydroxyl groups is 1. The second kappa shape index (κ2) is 5.31. The van der Waals surface area contributed by atoms with Crippen LogP contribution in [0.15, 0.2) is 10.7 Å². The minimum absolute atomic E-state index is 0.261. The predicted molar refractivity (Wildman–Crippen MR) is 75.5 cm³/mol. The highest BCUT2D eigenvalue weighted by Gasteiger charge is 2.39. The Morgan fingerprint density at radius 1 is 1.50 bits per heavy atom. The van der Waals surface area contributed by atoms with Crippen molar-refractivity contribution in [1.29, 1.82) is 0 Å². The van der Waals surface area contributed by atoms with Crippen LogP contribution in [0.1, 0.15) is 51.3 Å². The van der Waals surface area contributed by atoms with Crippen LogP contribution in [0.2, 0.25) is 0 Å². The molecule has 0 amide bonds. The van der Waals surface area contributed by atoms with E-state index in [4.69, 9.17) is 0 Å². The molecule has 0 spiro atoms. The Bertz CT molecular complexity index is 408. The van der Waals surface area contributed by atoms with Gasteiger partial charge in [-0.25, -0.2) is 0 Å². The van der Waals surface area contributed by atoms with E-state index in [-0.39, 0.29) is 6.04 Å². The number of hydrogen-bond acceptors (Lipinski definition) is 3. The summed E-state index contributed by atoms with van der Waals surface area (Å²) >= 11 is 3.53. The fourth-order valence-electron chi connectivity index (χ4n) is 2.79. The first-order chi connectivity index (χ1) is 8.48. The van der Waals surface area contributed by atoms with Gasteiger partial charge < -0.3 is 10.4 Å². The Morgan fingerprint density at radius 3 is 2.61 bits per heavy atom. The molecule has 0 radical (unpaired) electrons. The molecule has 5 heteroatoms. The van der Waals surface area contributed by atoms with Crippen molar-refractivity contribution in [2.45, 2.75) is 57.2 Å². The van der Waals surface area contributed by atoms with Gasteiger partial charge in [-0.2, -0.15) is 5.10 Å². The van der Waals surface area contributed by atoms with Gasteiger partial charge in [0.2, 0.25) is 0 Å². The lowest BCUT2D eigenvalue weighted by Gasteiger charge is -2.37. The molecule has 0 aliphatic heterocycles. The zero-order chi connectivity index (χ0) is 13.3. The van der Waals surface area contributed by atoms with Crippen LogP contribution >= 0.6 is 15.9 Å². The molecule has 0 saturated heterocycles. The standard InChI is InChI=1S/C13H22BrN3O/c1-9(2)17-12(11(14)8-16-17)13(18)6-4-10(15-3)5-7-13/h8-10,15,18H,4-7H2,1-3H3. The summed E-state index contributed by atoms with van der Waals surface area (Å²) in [6.45, 7) is 4.18. The first-order valence-corrected chi connectivity index (χ1v) is 7.40. The van der Waals surface area contributed by atoms with Crippen molar-refractivity contribution in [2.75, 3.05) is 7.05 Å². The summed E-state index contributed by atoms with van der Waals surface area (Å²) in [5.41, 5.74) is 0.194. The summed E-state index contributed by atoms with van der Waals surface area (Å²) in [5, 5.41) is 18.6. The maximum atomic E-state index is 10.9. The lowest BCUT2D eigenvalue weighted by molar-refractivity contribution is -0.0169. The molecule has 1 aromatic heterocycles. The van der Waals surface area contributed by atoms with E-state index in [1.54, 1.807) is 6.20 Å². The topological polar surface area (TPSA) is 50.1 Å². The maximum Gasteiger partial charge on any atom is 0.107 e. The third-order valence-corrected chi connectivity index (χ3v) is 4.48. The molecule has 4 nitrogen and oxygen atoms in total. The summed E-state index contributed by atoms with van der Waals surface area (Å²) in [6.07, 6.45) is 5.37. The molecule has 1 fully saturated rings. The van der Waals surface area contributed by atoms with Crippen molar-refractivity contribution in [3.63, 3.8) is 0 Å². The van der Waals surface area contributed by atoms with Gasteiger partial charge in [-0.3, -0.25) is 4.68 Å². The summed E-state index contributed by atoms with van der Waals surface area (Å²) in [4.78, 5) is 0. The van der Waals surface area contributed by atoms with Crippen LogP contribution in [-0.2, 0) is 5.60 Å². The molecule has 1 heterocycles. The maximum absolute atomic E-state index is 10.9. The minimum Gasteiger partial charge on any atom is -0.384 e. The normalized spacial score (nSPS) is 28.9. The van der Waals surface area contributed by atoms with E-state index in [9.17, 15) is 5.11 Å². The third-order valence-electron chi connectivity index (χ3n) is 3.90. The van der Waals surface area contributed by atoms with E-state index in [2.05, 4.69) is 40.2 Å². The average Bonchev–Trinajstić information content (AvgIpc) is 2.73. The van der Waals surface area contributed by atoms with E-state index in [1.165, 1.54) is 0 Å². The minimum atomic E-state index is -0.743. The quantitative estimate of drug-likeness (QED) is 0.901. The smallest absolute Gasteiger partial charge is 0.107 e. The molecule has 1 aliphatic rings. The van der Waals surface area contributed by atoms with E-state index in [0.29, 0.717) is 6.04 Å². The van der Waals surface area contributed by atoms with Crippen LogP contribution < -0.4 is 5.32 Å². The molecule has 1 saturated carbocycles. The van der Waals surface area contributed by atoms with Crippen LogP contribution in [0, 0.1) is 0 Å². The van der Waals surface area contributed by atoms with Gasteiger partial charge in [0, 0.05) is 12.1 Å². The van der Waals surface area contributed by atoms with Gasteiger partial charge in [0.15, 0.2) is 0 Å². The highest BCUT2D eigenvalue weighted by molar-refractivity contribution is 9.10. The van der Waals surface area contributed by atoms with Gasteiger partial charge in [-0.15, -0.1) is 0 Å². The molecule has 0 atom stereocenters. The molecule has 102 valence electrons. The van der Waals surface area contributed by atoms with Crippen LogP contribution in [0.25, 0.3) is 0 Å². The van der Waals surface area contributed by atoms with Crippen molar-refractivity contribution >= 4 is 15.9 Å². The fraction of sp³-hybridized carbons (Fsp3) is 0.769. The Kier molecular flexibility index (Phi) is 4.14. The van der Waals surface area contributed by atoms with Gasteiger partial charge in [0.05, 0.1) is 16.4 Å². The number of nitrogens with zero attached hydrogens (tertiary/aromatic N) is 2. The van der Waals surface area contributed by atoms with Crippen molar-refractivity contribution in [3.8, 4) is 0 Å². The number of hydrogen-bond donors (Lipinski definition) is 2. The first-order valence-electron chi connectivity index (χ1n) is 6.61. The highest BCUT2D eigenvalue weighted by atomic mass is 79.9. The summed E-state index contributed by atoms with van der Waals surface area (Å²) < 4.78 is 2.85. The number of rotatable bonds is 3. The molecule has 0 aromatic carbocycles. The number of nitrogens with one attached hydrogen (secondary N) is 1. The molecule has 1 aromatic rings. The average molecular weight is 316 g/mol. The van der Waals surface area contributed by atoms with Crippen molar-refractivity contribution in [2.24, 2.45) is 0 Å². The molecule has 2 rings (SSSR count). The molecule has 0 unspecified atom stereocenters. The molecule has 1 aliphatic carbocycles. The van der Waals surface area contributed by atoms with Crippen LogP contribution in [0.3, 0.4) is 0 Å². The summed E-state index contributed by atoms with van der Waals surface area (Å²) in [5.74, 6) is 0. The Hall–Kier alpha value is -0.390. The van der Waals surface area contributed by atoms with E-state index < -0.39 is 5.60 Å². The van der Waals surface area contributed by atoms with Gasteiger partial charge >= 0.3 is 0 Å². The second-order valence-corrected chi connectivity index (χ2v) is 6.33. The SMILES string of the molecule is CNC1CCC(O)(c2c(Br)cnn2C(C)C)CC1. The van der Waals surface area contributed by atoms with E-state index in [0.717, 1.165) is 35.8 Å². The van der Waals surface area contributed by atoms with Crippen LogP contribution in [0.5, 0.6) is 0 Å². The fourth-order valence-corrected chi connectivity index (χ4v) is 3.43. The molecular weight excluding hydrogens is 294 g/mol. The first kappa shape index (κ1) is 14.0. The van der Waals surface area contributed by atoms with Crippen molar-refractivity contribution in [1.82, 2.24) is 15.1 Å². The van der Waals surface area contributed by atoms with Crippen LogP contribution in [-0.4, -0.2) is 28.0 Å². The Labute approximate surface area is 117 Å².